The van der Waals surface area contributed by atoms with Crippen LogP contribution in [0.5, 0.6) is 0 Å². The average molecular weight is 367 g/mol. The van der Waals surface area contributed by atoms with Crippen LogP contribution >= 0.6 is 23.2 Å². The van der Waals surface area contributed by atoms with Gasteiger partial charge in [0.2, 0.25) is 0 Å². The number of aromatic nitrogens is 2. The zero-order valence-corrected chi connectivity index (χ0v) is 15.2. The molecule has 3 rings (SSSR count). The van der Waals surface area contributed by atoms with Crippen molar-refractivity contribution in [2.45, 2.75) is 39.3 Å². The van der Waals surface area contributed by atoms with Crippen LogP contribution in [0.2, 0.25) is 10.0 Å². The van der Waals surface area contributed by atoms with Crippen LogP contribution in [-0.4, -0.2) is 33.7 Å². The van der Waals surface area contributed by atoms with Crippen LogP contribution in [0.1, 0.15) is 29.4 Å². The van der Waals surface area contributed by atoms with Crippen molar-refractivity contribution < 1.29 is 4.79 Å². The van der Waals surface area contributed by atoms with Gasteiger partial charge in [-0.1, -0.05) is 23.2 Å². The maximum absolute atomic E-state index is 12.5. The Bertz CT molecular complexity index is 759. The number of aromatic amines is 1. The zero-order chi connectivity index (χ0) is 17.3. The van der Waals surface area contributed by atoms with Crippen molar-refractivity contribution in [3.05, 3.63) is 50.8 Å². The van der Waals surface area contributed by atoms with E-state index in [-0.39, 0.29) is 12.1 Å². The second-order valence-electron chi connectivity index (χ2n) is 6.29. The van der Waals surface area contributed by atoms with E-state index in [9.17, 15) is 4.79 Å². The topological polar surface area (TPSA) is 61.0 Å². The summed E-state index contributed by atoms with van der Waals surface area (Å²) in [7, 11) is 0. The summed E-state index contributed by atoms with van der Waals surface area (Å²) in [5.74, 6) is 0. The Morgan fingerprint density at radius 2 is 2.21 bits per heavy atom. The number of H-pyrrole nitrogens is 1. The van der Waals surface area contributed by atoms with E-state index in [1.54, 1.807) is 11.0 Å². The quantitative estimate of drug-likeness (QED) is 0.869. The average Bonchev–Trinajstić information content (AvgIpc) is 2.91. The van der Waals surface area contributed by atoms with E-state index in [2.05, 4.69) is 15.5 Å². The minimum atomic E-state index is -0.0727. The highest BCUT2D eigenvalue weighted by molar-refractivity contribution is 6.35. The molecule has 2 heterocycles. The van der Waals surface area contributed by atoms with Gasteiger partial charge in [-0.2, -0.15) is 5.10 Å². The molecule has 5 nitrogen and oxygen atoms in total. The van der Waals surface area contributed by atoms with Gasteiger partial charge in [-0.05, 0) is 49.6 Å². The minimum Gasteiger partial charge on any atom is -0.335 e. The molecule has 0 radical (unpaired) electrons. The van der Waals surface area contributed by atoms with Crippen LogP contribution in [0.3, 0.4) is 0 Å². The Labute approximate surface area is 151 Å². The van der Waals surface area contributed by atoms with Crippen LogP contribution in [0, 0.1) is 6.92 Å². The number of aryl methyl sites for hydroxylation is 1. The second-order valence-corrected chi connectivity index (χ2v) is 7.14. The summed E-state index contributed by atoms with van der Waals surface area (Å²) in [4.78, 5) is 14.3. The van der Waals surface area contributed by atoms with Crippen LogP contribution in [0.4, 0.5) is 4.79 Å². The van der Waals surface area contributed by atoms with Crippen LogP contribution < -0.4 is 5.32 Å². The highest BCUT2D eigenvalue weighted by Gasteiger charge is 2.23. The summed E-state index contributed by atoms with van der Waals surface area (Å²) in [5, 5.41) is 11.4. The van der Waals surface area contributed by atoms with Gasteiger partial charge in [-0.15, -0.1) is 0 Å². The Hall–Kier alpha value is -1.72. The number of urea groups is 1. The lowest BCUT2D eigenvalue weighted by Crippen LogP contribution is -2.46. The molecule has 2 aromatic rings. The van der Waals surface area contributed by atoms with Gasteiger partial charge < -0.3 is 10.2 Å². The molecule has 2 N–H and O–H groups in total. The number of nitrogens with one attached hydrogen (secondary N) is 2. The van der Waals surface area contributed by atoms with Gasteiger partial charge >= 0.3 is 6.03 Å². The predicted molar refractivity (Wildman–Crippen MR) is 95.6 cm³/mol. The molecule has 24 heavy (non-hydrogen) atoms. The predicted octanol–water partition coefficient (Wildman–Crippen LogP) is 3.72. The number of carbonyl (C=O) groups excluding carboxylic acids is 1. The van der Waals surface area contributed by atoms with Crippen molar-refractivity contribution in [3.8, 4) is 0 Å². The fourth-order valence-electron chi connectivity index (χ4n) is 3.03. The molecule has 2 amide bonds. The van der Waals surface area contributed by atoms with Crippen molar-refractivity contribution in [2.75, 3.05) is 6.54 Å². The summed E-state index contributed by atoms with van der Waals surface area (Å²) in [6.45, 7) is 5.11. The highest BCUT2D eigenvalue weighted by atomic mass is 35.5. The van der Waals surface area contributed by atoms with Crippen molar-refractivity contribution in [2.24, 2.45) is 0 Å². The number of hydrogen-bond acceptors (Lipinski definition) is 2. The summed E-state index contributed by atoms with van der Waals surface area (Å²) in [6, 6.07) is 5.56. The largest absolute Gasteiger partial charge is 0.335 e. The number of halogens is 2. The fraction of sp³-hybridized carbons (Fsp3) is 0.412. The van der Waals surface area contributed by atoms with E-state index in [0.717, 1.165) is 28.9 Å². The van der Waals surface area contributed by atoms with E-state index in [0.29, 0.717) is 29.6 Å². The molecule has 1 aromatic heterocycles. The number of hydrogen-bond donors (Lipinski definition) is 2. The number of benzene rings is 1. The van der Waals surface area contributed by atoms with Crippen molar-refractivity contribution >= 4 is 29.2 Å². The molecule has 0 aliphatic carbocycles. The van der Waals surface area contributed by atoms with Crippen molar-refractivity contribution in [1.82, 2.24) is 20.4 Å². The maximum Gasteiger partial charge on any atom is 0.317 e. The van der Waals surface area contributed by atoms with Crippen LogP contribution in [0.25, 0.3) is 0 Å². The van der Waals surface area contributed by atoms with E-state index in [1.165, 1.54) is 0 Å². The molecular weight excluding hydrogens is 347 g/mol. The Morgan fingerprint density at radius 1 is 1.42 bits per heavy atom. The van der Waals surface area contributed by atoms with E-state index in [1.807, 2.05) is 26.0 Å². The third kappa shape index (κ3) is 3.84. The van der Waals surface area contributed by atoms with Gasteiger partial charge in [0, 0.05) is 41.3 Å². The summed E-state index contributed by atoms with van der Waals surface area (Å²) in [6.07, 6.45) is 1.43. The van der Waals surface area contributed by atoms with Gasteiger partial charge in [-0.25, -0.2) is 4.79 Å². The van der Waals surface area contributed by atoms with Gasteiger partial charge in [0.25, 0.3) is 0 Å². The van der Waals surface area contributed by atoms with Crippen LogP contribution in [-0.2, 0) is 19.4 Å². The van der Waals surface area contributed by atoms with Gasteiger partial charge in [0.15, 0.2) is 0 Å². The lowest BCUT2D eigenvalue weighted by molar-refractivity contribution is 0.189. The zero-order valence-electron chi connectivity index (χ0n) is 13.7. The molecule has 1 unspecified atom stereocenters. The third-order valence-electron chi connectivity index (χ3n) is 4.18. The third-order valence-corrected chi connectivity index (χ3v) is 4.73. The SMILES string of the molecule is Cc1cc(CC(C)NC(=O)N2CCc3c(Cl)cc(Cl)cc3C2)n[nH]1. The molecule has 1 atom stereocenters. The first kappa shape index (κ1) is 17.1. The standard InChI is InChI=1S/C17H20Cl2N4O/c1-10(5-14-6-11(2)21-22-14)20-17(24)23-4-3-15-12(9-23)7-13(18)8-16(15)19/h6-8,10H,3-5,9H2,1-2H3,(H,20,24)(H,21,22). The smallest absolute Gasteiger partial charge is 0.317 e. The summed E-state index contributed by atoms with van der Waals surface area (Å²) in [5.41, 5.74) is 4.07. The maximum atomic E-state index is 12.5. The second kappa shape index (κ2) is 7.03. The summed E-state index contributed by atoms with van der Waals surface area (Å²) < 4.78 is 0. The Balaban J connectivity index is 1.61. The number of carbonyl (C=O) groups is 1. The first-order chi connectivity index (χ1) is 11.4. The van der Waals surface area contributed by atoms with Crippen molar-refractivity contribution in [1.29, 1.82) is 0 Å². The first-order valence-electron chi connectivity index (χ1n) is 7.95. The molecule has 128 valence electrons. The molecule has 0 bridgehead atoms. The number of rotatable bonds is 3. The molecule has 0 spiro atoms. The lowest BCUT2D eigenvalue weighted by atomic mass is 10.00. The van der Waals surface area contributed by atoms with E-state index < -0.39 is 0 Å². The first-order valence-corrected chi connectivity index (χ1v) is 8.71. The molecule has 0 fully saturated rings. The number of fused-ring (bicyclic) bond motifs is 1. The Kier molecular flexibility index (Phi) is 5.01. The van der Waals surface area contributed by atoms with E-state index in [4.69, 9.17) is 23.2 Å². The summed E-state index contributed by atoms with van der Waals surface area (Å²) >= 11 is 12.3. The molecule has 7 heteroatoms. The molecule has 0 saturated heterocycles. The molecular formula is C17H20Cl2N4O. The number of nitrogens with zero attached hydrogens (tertiary/aromatic N) is 2. The molecule has 0 saturated carbocycles. The van der Waals surface area contributed by atoms with Gasteiger partial charge in [0.05, 0.1) is 5.69 Å². The van der Waals surface area contributed by atoms with Crippen molar-refractivity contribution in [3.63, 3.8) is 0 Å². The monoisotopic (exact) mass is 366 g/mol. The minimum absolute atomic E-state index is 0.00421. The molecule has 1 aliphatic rings. The molecule has 1 aliphatic heterocycles. The number of amides is 2. The fourth-order valence-corrected chi connectivity index (χ4v) is 3.66. The van der Waals surface area contributed by atoms with Crippen LogP contribution in [0.15, 0.2) is 18.2 Å². The highest BCUT2D eigenvalue weighted by Crippen LogP contribution is 2.29. The lowest BCUT2D eigenvalue weighted by Gasteiger charge is -2.30. The normalized spacial score (nSPS) is 15.1. The molecule has 1 aromatic carbocycles. The van der Waals surface area contributed by atoms with E-state index >= 15 is 0 Å². The Morgan fingerprint density at radius 3 is 2.92 bits per heavy atom. The van der Waals surface area contributed by atoms with Gasteiger partial charge in [0.1, 0.15) is 0 Å². The van der Waals surface area contributed by atoms with Gasteiger partial charge in [-0.3, -0.25) is 5.10 Å².